The molecule has 100 valence electrons. The van der Waals surface area contributed by atoms with E-state index in [9.17, 15) is 0 Å². The Labute approximate surface area is 117 Å². The molecule has 1 saturated heterocycles. The van der Waals surface area contributed by atoms with E-state index in [-0.39, 0.29) is 0 Å². The summed E-state index contributed by atoms with van der Waals surface area (Å²) in [7, 11) is 0. The zero-order valence-corrected chi connectivity index (χ0v) is 12.2. The maximum Gasteiger partial charge on any atom is 0.119 e. The van der Waals surface area contributed by atoms with Crippen LogP contribution < -0.4 is 4.74 Å². The van der Waals surface area contributed by atoms with Gasteiger partial charge >= 0.3 is 0 Å². The number of morpholine rings is 1. The first-order chi connectivity index (χ1) is 8.88. The number of alkyl halides is 1. The Morgan fingerprint density at radius 2 is 1.89 bits per heavy atom. The number of nitrogens with zero attached hydrogens (tertiary/aromatic N) is 1. The molecule has 1 aliphatic rings. The van der Waals surface area contributed by atoms with Gasteiger partial charge in [-0.1, -0.05) is 28.1 Å². The van der Waals surface area contributed by atoms with Crippen LogP contribution in [0.5, 0.6) is 5.75 Å². The molecule has 4 heteroatoms. The summed E-state index contributed by atoms with van der Waals surface area (Å²) in [5.41, 5.74) is 1.34. The Balaban J connectivity index is 1.79. The molecular formula is C14H20BrNO2. The molecule has 0 spiro atoms. The van der Waals surface area contributed by atoms with Crippen molar-refractivity contribution in [1.82, 2.24) is 4.90 Å². The molecule has 0 aromatic heterocycles. The van der Waals surface area contributed by atoms with E-state index in [1.54, 1.807) is 0 Å². The van der Waals surface area contributed by atoms with Gasteiger partial charge in [0, 0.05) is 25.0 Å². The van der Waals surface area contributed by atoms with Crippen molar-refractivity contribution in [2.75, 3.05) is 38.2 Å². The Morgan fingerprint density at radius 3 is 2.56 bits per heavy atom. The second kappa shape index (κ2) is 7.77. The summed E-state index contributed by atoms with van der Waals surface area (Å²) in [5, 5.41) is 0.988. The van der Waals surface area contributed by atoms with Gasteiger partial charge in [0.15, 0.2) is 0 Å². The molecule has 0 aliphatic carbocycles. The molecule has 0 atom stereocenters. The zero-order chi connectivity index (χ0) is 12.6. The van der Waals surface area contributed by atoms with Crippen molar-refractivity contribution in [3.05, 3.63) is 29.8 Å². The second-order valence-electron chi connectivity index (χ2n) is 4.42. The third-order valence-electron chi connectivity index (χ3n) is 2.98. The Hall–Kier alpha value is -0.580. The van der Waals surface area contributed by atoms with Gasteiger partial charge in [-0.25, -0.2) is 0 Å². The van der Waals surface area contributed by atoms with E-state index < -0.39 is 0 Å². The monoisotopic (exact) mass is 313 g/mol. The standard InChI is InChI=1S/C14H20BrNO2/c15-6-1-9-18-14-4-2-13(3-5-14)12-16-7-10-17-11-8-16/h2-5H,1,6-12H2. The summed E-state index contributed by atoms with van der Waals surface area (Å²) in [6.07, 6.45) is 1.04. The lowest BCUT2D eigenvalue weighted by Gasteiger charge is -2.26. The molecule has 2 rings (SSSR count). The van der Waals surface area contributed by atoms with Gasteiger partial charge in [0.1, 0.15) is 5.75 Å². The lowest BCUT2D eigenvalue weighted by molar-refractivity contribution is 0.0342. The molecule has 0 N–H and O–H groups in total. The molecule has 1 aromatic carbocycles. The summed E-state index contributed by atoms with van der Waals surface area (Å²) in [6, 6.07) is 8.42. The van der Waals surface area contributed by atoms with Crippen LogP contribution in [0.15, 0.2) is 24.3 Å². The molecule has 0 saturated carbocycles. The van der Waals surface area contributed by atoms with E-state index >= 15 is 0 Å². The molecule has 0 bridgehead atoms. The van der Waals surface area contributed by atoms with Crippen LogP contribution in [0.3, 0.4) is 0 Å². The van der Waals surface area contributed by atoms with Gasteiger partial charge in [-0.3, -0.25) is 4.90 Å². The molecular weight excluding hydrogens is 294 g/mol. The Kier molecular flexibility index (Phi) is 5.97. The highest BCUT2D eigenvalue weighted by Crippen LogP contribution is 2.14. The first-order valence-corrected chi connectivity index (χ1v) is 7.58. The van der Waals surface area contributed by atoms with Gasteiger partial charge in [0.25, 0.3) is 0 Å². The predicted octanol–water partition coefficient (Wildman–Crippen LogP) is 2.68. The highest BCUT2D eigenvalue weighted by Gasteiger charge is 2.10. The van der Waals surface area contributed by atoms with Crippen LogP contribution in [0.4, 0.5) is 0 Å². The number of hydrogen-bond acceptors (Lipinski definition) is 3. The summed E-state index contributed by atoms with van der Waals surface area (Å²) >= 11 is 3.39. The number of rotatable bonds is 6. The molecule has 1 fully saturated rings. The third kappa shape index (κ3) is 4.59. The van der Waals surface area contributed by atoms with Gasteiger partial charge in [0.05, 0.1) is 19.8 Å². The molecule has 1 aromatic rings. The Bertz CT molecular complexity index is 336. The van der Waals surface area contributed by atoms with Crippen molar-refractivity contribution in [1.29, 1.82) is 0 Å². The average molecular weight is 314 g/mol. The van der Waals surface area contributed by atoms with E-state index in [1.807, 2.05) is 0 Å². The minimum atomic E-state index is 0.772. The maximum absolute atomic E-state index is 5.63. The summed E-state index contributed by atoms with van der Waals surface area (Å²) in [6.45, 7) is 5.55. The van der Waals surface area contributed by atoms with E-state index in [0.29, 0.717) is 0 Å². The van der Waals surface area contributed by atoms with Crippen molar-refractivity contribution in [3.63, 3.8) is 0 Å². The minimum Gasteiger partial charge on any atom is -0.494 e. The van der Waals surface area contributed by atoms with Crippen LogP contribution in [-0.4, -0.2) is 43.1 Å². The van der Waals surface area contributed by atoms with Gasteiger partial charge in [-0.2, -0.15) is 0 Å². The van der Waals surface area contributed by atoms with Crippen LogP contribution >= 0.6 is 15.9 Å². The van der Waals surface area contributed by atoms with Crippen LogP contribution in [0.1, 0.15) is 12.0 Å². The SMILES string of the molecule is BrCCCOc1ccc(CN2CCOCC2)cc1. The van der Waals surface area contributed by atoms with Gasteiger partial charge < -0.3 is 9.47 Å². The molecule has 18 heavy (non-hydrogen) atoms. The van der Waals surface area contributed by atoms with Crippen LogP contribution in [0.25, 0.3) is 0 Å². The third-order valence-corrected chi connectivity index (χ3v) is 3.54. The fraction of sp³-hybridized carbons (Fsp3) is 0.571. The quantitative estimate of drug-likeness (QED) is 0.595. The lowest BCUT2D eigenvalue weighted by atomic mass is 10.2. The van der Waals surface area contributed by atoms with Gasteiger partial charge in [-0.15, -0.1) is 0 Å². The van der Waals surface area contributed by atoms with Crippen molar-refractivity contribution in [2.45, 2.75) is 13.0 Å². The summed E-state index contributed by atoms with van der Waals surface area (Å²) in [4.78, 5) is 2.42. The topological polar surface area (TPSA) is 21.7 Å². The van der Waals surface area contributed by atoms with Gasteiger partial charge in [0.2, 0.25) is 0 Å². The van der Waals surface area contributed by atoms with Crippen LogP contribution in [0, 0.1) is 0 Å². The van der Waals surface area contributed by atoms with E-state index in [1.165, 1.54) is 5.56 Å². The molecule has 3 nitrogen and oxygen atoms in total. The summed E-state index contributed by atoms with van der Waals surface area (Å²) < 4.78 is 11.0. The lowest BCUT2D eigenvalue weighted by Crippen LogP contribution is -2.35. The van der Waals surface area contributed by atoms with E-state index in [2.05, 4.69) is 45.1 Å². The molecule has 0 amide bonds. The van der Waals surface area contributed by atoms with Gasteiger partial charge in [-0.05, 0) is 24.1 Å². The van der Waals surface area contributed by atoms with Crippen LogP contribution in [-0.2, 0) is 11.3 Å². The molecule has 1 heterocycles. The first-order valence-electron chi connectivity index (χ1n) is 6.46. The first kappa shape index (κ1) is 13.8. The molecule has 0 radical (unpaired) electrons. The minimum absolute atomic E-state index is 0.772. The van der Waals surface area contributed by atoms with Crippen molar-refractivity contribution in [2.24, 2.45) is 0 Å². The van der Waals surface area contributed by atoms with Crippen molar-refractivity contribution in [3.8, 4) is 5.75 Å². The fourth-order valence-corrected chi connectivity index (χ4v) is 2.18. The smallest absolute Gasteiger partial charge is 0.119 e. The molecule has 0 unspecified atom stereocenters. The zero-order valence-electron chi connectivity index (χ0n) is 10.6. The summed E-state index contributed by atoms with van der Waals surface area (Å²) in [5.74, 6) is 0.960. The largest absolute Gasteiger partial charge is 0.494 e. The number of ether oxygens (including phenoxy) is 2. The Morgan fingerprint density at radius 1 is 1.17 bits per heavy atom. The fourth-order valence-electron chi connectivity index (χ4n) is 1.95. The normalized spacial score (nSPS) is 16.7. The highest BCUT2D eigenvalue weighted by atomic mass is 79.9. The van der Waals surface area contributed by atoms with Crippen molar-refractivity contribution >= 4 is 15.9 Å². The predicted molar refractivity (Wildman–Crippen MR) is 76.4 cm³/mol. The average Bonchev–Trinajstić information content (AvgIpc) is 2.42. The van der Waals surface area contributed by atoms with E-state index in [4.69, 9.17) is 9.47 Å². The number of halogens is 1. The molecule has 1 aliphatic heterocycles. The maximum atomic E-state index is 5.63. The number of hydrogen-bond donors (Lipinski definition) is 0. The van der Waals surface area contributed by atoms with Crippen LogP contribution in [0.2, 0.25) is 0 Å². The van der Waals surface area contributed by atoms with Crippen molar-refractivity contribution < 1.29 is 9.47 Å². The van der Waals surface area contributed by atoms with E-state index in [0.717, 1.165) is 57.0 Å². The highest BCUT2D eigenvalue weighted by molar-refractivity contribution is 9.09. The number of benzene rings is 1. The second-order valence-corrected chi connectivity index (χ2v) is 5.22.